The second kappa shape index (κ2) is 6.00. The molecule has 0 radical (unpaired) electrons. The predicted molar refractivity (Wildman–Crippen MR) is 84.6 cm³/mol. The Labute approximate surface area is 147 Å². The van der Waals surface area contributed by atoms with E-state index in [4.69, 9.17) is 5.11 Å². The van der Waals surface area contributed by atoms with Crippen molar-refractivity contribution in [3.63, 3.8) is 0 Å². The van der Waals surface area contributed by atoms with E-state index in [2.05, 4.69) is 4.98 Å². The molecule has 2 aromatic heterocycles. The third-order valence-corrected chi connectivity index (χ3v) is 3.84. The van der Waals surface area contributed by atoms with E-state index in [0.717, 1.165) is 27.4 Å². The number of carboxylic acid groups (broad SMARTS) is 1. The highest BCUT2D eigenvalue weighted by molar-refractivity contribution is 6.00. The van der Waals surface area contributed by atoms with Crippen LogP contribution in [-0.4, -0.2) is 42.8 Å². The van der Waals surface area contributed by atoms with Crippen LogP contribution in [0.1, 0.15) is 15.9 Å². The number of aromatic hydroxyl groups is 1. The number of amides is 1. The molecule has 2 heterocycles. The molecule has 1 amide bonds. The number of carbonyl (C=O) groups is 2. The number of alkyl halides is 3. The number of aliphatic carboxylic acids is 1. The molecule has 0 aliphatic heterocycles. The second-order valence-electron chi connectivity index (χ2n) is 5.58. The molecule has 142 valence electrons. The molecule has 0 aliphatic rings. The zero-order valence-corrected chi connectivity index (χ0v) is 13.5. The van der Waals surface area contributed by atoms with Crippen molar-refractivity contribution in [3.05, 3.63) is 39.7 Å². The van der Waals surface area contributed by atoms with Gasteiger partial charge < -0.3 is 15.5 Å². The van der Waals surface area contributed by atoms with E-state index in [-0.39, 0.29) is 16.7 Å². The topological polar surface area (TPSA) is 126 Å². The summed E-state index contributed by atoms with van der Waals surface area (Å²) in [5.74, 6) is -3.39. The van der Waals surface area contributed by atoms with Crippen LogP contribution in [0.15, 0.2) is 23.0 Å². The van der Waals surface area contributed by atoms with Gasteiger partial charge in [-0.15, -0.1) is 0 Å². The van der Waals surface area contributed by atoms with Crippen molar-refractivity contribution >= 4 is 28.6 Å². The average Bonchev–Trinajstić information content (AvgIpc) is 2.96. The van der Waals surface area contributed by atoms with Crippen molar-refractivity contribution in [1.82, 2.24) is 19.5 Å². The first-order valence-corrected chi connectivity index (χ1v) is 7.34. The van der Waals surface area contributed by atoms with Crippen molar-refractivity contribution in [2.24, 2.45) is 7.05 Å². The molecule has 0 fully saturated rings. The Bertz CT molecular complexity index is 1160. The number of benzene rings is 1. The first-order valence-electron chi connectivity index (χ1n) is 7.34. The Hall–Kier alpha value is -3.57. The minimum atomic E-state index is -4.63. The molecule has 0 atom stereocenters. The van der Waals surface area contributed by atoms with Crippen molar-refractivity contribution in [3.8, 4) is 5.75 Å². The van der Waals surface area contributed by atoms with Gasteiger partial charge in [0.25, 0.3) is 11.5 Å². The van der Waals surface area contributed by atoms with Crippen molar-refractivity contribution < 1.29 is 33.0 Å². The number of fused-ring (bicyclic) bond motifs is 3. The van der Waals surface area contributed by atoms with Gasteiger partial charge in [0.15, 0.2) is 17.0 Å². The molecule has 0 saturated carbocycles. The second-order valence-corrected chi connectivity index (χ2v) is 5.58. The van der Waals surface area contributed by atoms with Crippen LogP contribution in [0.3, 0.4) is 0 Å². The van der Waals surface area contributed by atoms with Crippen molar-refractivity contribution in [2.75, 3.05) is 6.54 Å². The van der Waals surface area contributed by atoms with E-state index in [1.165, 1.54) is 7.05 Å². The van der Waals surface area contributed by atoms with Gasteiger partial charge in [-0.25, -0.2) is 14.2 Å². The van der Waals surface area contributed by atoms with Crippen LogP contribution >= 0.6 is 0 Å². The minimum Gasteiger partial charge on any atom is -0.504 e. The van der Waals surface area contributed by atoms with Gasteiger partial charge in [-0.2, -0.15) is 13.2 Å². The number of hydrogen-bond acceptors (Lipinski definition) is 5. The van der Waals surface area contributed by atoms with Gasteiger partial charge in [0.1, 0.15) is 6.54 Å². The van der Waals surface area contributed by atoms with Crippen molar-refractivity contribution in [2.45, 2.75) is 6.18 Å². The SMILES string of the molecule is Cn1c(=O)c(C(=O)NCC(=O)O)c(O)c2nc3ccc(C(F)(F)F)cc3n21. The highest BCUT2D eigenvalue weighted by Crippen LogP contribution is 2.32. The van der Waals surface area contributed by atoms with E-state index in [0.29, 0.717) is 0 Å². The molecule has 12 heteroatoms. The van der Waals surface area contributed by atoms with Gasteiger partial charge >= 0.3 is 12.1 Å². The van der Waals surface area contributed by atoms with Crippen molar-refractivity contribution in [1.29, 1.82) is 0 Å². The zero-order chi connectivity index (χ0) is 20.1. The van der Waals surface area contributed by atoms with Crippen LogP contribution in [0.2, 0.25) is 0 Å². The van der Waals surface area contributed by atoms with Gasteiger partial charge in [-0.3, -0.25) is 14.4 Å². The smallest absolute Gasteiger partial charge is 0.416 e. The van der Waals surface area contributed by atoms with Gasteiger partial charge in [-0.05, 0) is 18.2 Å². The number of hydrogen-bond donors (Lipinski definition) is 3. The minimum absolute atomic E-state index is 0.0522. The van der Waals surface area contributed by atoms with E-state index < -0.39 is 47.0 Å². The summed E-state index contributed by atoms with van der Waals surface area (Å²) in [5.41, 5.74) is -3.17. The fourth-order valence-corrected chi connectivity index (χ4v) is 2.61. The van der Waals surface area contributed by atoms with E-state index in [1.54, 1.807) is 0 Å². The monoisotopic (exact) mass is 384 g/mol. The molecule has 0 bridgehead atoms. The summed E-state index contributed by atoms with van der Waals surface area (Å²) in [4.78, 5) is 39.0. The maximum Gasteiger partial charge on any atom is 0.416 e. The fraction of sp³-hybridized carbons (Fsp3) is 0.200. The molecule has 3 rings (SSSR count). The van der Waals surface area contributed by atoms with Crippen LogP contribution in [0.4, 0.5) is 13.2 Å². The first kappa shape index (κ1) is 18.2. The molecule has 3 aromatic rings. The van der Waals surface area contributed by atoms with Crippen LogP contribution in [0.25, 0.3) is 16.7 Å². The molecule has 0 aliphatic carbocycles. The molecular weight excluding hydrogens is 373 g/mol. The standard InChI is InChI=1S/C15H11F3N4O5/c1-21-14(27)10(13(26)19-5-9(23)24)11(25)12-20-7-3-2-6(15(16,17)18)4-8(7)22(12)21/h2-4,25H,5H2,1H3,(H,19,26)(H,23,24). The summed E-state index contributed by atoms with van der Waals surface area (Å²) in [6.45, 7) is -0.794. The van der Waals surface area contributed by atoms with Gasteiger partial charge in [0, 0.05) is 7.05 Å². The molecule has 9 nitrogen and oxygen atoms in total. The number of rotatable bonds is 3. The van der Waals surface area contributed by atoms with E-state index >= 15 is 0 Å². The van der Waals surface area contributed by atoms with E-state index in [1.807, 2.05) is 5.32 Å². The number of carbonyl (C=O) groups excluding carboxylic acids is 1. The molecule has 1 aromatic carbocycles. The normalized spacial score (nSPS) is 11.9. The maximum absolute atomic E-state index is 13.0. The molecule has 0 spiro atoms. The lowest BCUT2D eigenvalue weighted by Crippen LogP contribution is -2.36. The third-order valence-electron chi connectivity index (χ3n) is 3.84. The molecule has 27 heavy (non-hydrogen) atoms. The Morgan fingerprint density at radius 2 is 1.96 bits per heavy atom. The molecular formula is C15H11F3N4O5. The quantitative estimate of drug-likeness (QED) is 0.611. The number of nitrogens with one attached hydrogen (secondary N) is 1. The summed E-state index contributed by atoms with van der Waals surface area (Å²) in [6, 6.07) is 2.63. The van der Waals surface area contributed by atoms with Gasteiger partial charge in [-0.1, -0.05) is 0 Å². The number of carboxylic acids is 1. The Kier molecular flexibility index (Phi) is 4.05. The summed E-state index contributed by atoms with van der Waals surface area (Å²) in [5, 5.41) is 20.8. The maximum atomic E-state index is 13.0. The Morgan fingerprint density at radius 3 is 2.56 bits per heavy atom. The molecule has 3 N–H and O–H groups in total. The summed E-state index contributed by atoms with van der Waals surface area (Å²) in [6.07, 6.45) is -4.63. The summed E-state index contributed by atoms with van der Waals surface area (Å²) >= 11 is 0. The van der Waals surface area contributed by atoms with Gasteiger partial charge in [0.2, 0.25) is 0 Å². The van der Waals surface area contributed by atoms with E-state index in [9.17, 15) is 32.7 Å². The highest BCUT2D eigenvalue weighted by atomic mass is 19.4. The van der Waals surface area contributed by atoms with Crippen LogP contribution in [0.5, 0.6) is 5.75 Å². The van der Waals surface area contributed by atoms with Crippen LogP contribution in [0, 0.1) is 0 Å². The van der Waals surface area contributed by atoms with Crippen LogP contribution in [-0.2, 0) is 18.0 Å². The number of imidazole rings is 1. The molecule has 0 saturated heterocycles. The lowest BCUT2D eigenvalue weighted by Gasteiger charge is -2.11. The van der Waals surface area contributed by atoms with Crippen LogP contribution < -0.4 is 10.9 Å². The fourth-order valence-electron chi connectivity index (χ4n) is 2.61. The Balaban J connectivity index is 2.29. The largest absolute Gasteiger partial charge is 0.504 e. The first-order chi connectivity index (χ1) is 12.5. The number of halogens is 3. The summed E-state index contributed by atoms with van der Waals surface area (Å²) in [7, 11) is 1.17. The average molecular weight is 384 g/mol. The number of aromatic nitrogens is 3. The molecule has 0 unspecified atom stereocenters. The van der Waals surface area contributed by atoms with Gasteiger partial charge in [0.05, 0.1) is 16.6 Å². The third kappa shape index (κ3) is 2.94. The predicted octanol–water partition coefficient (Wildman–Crippen LogP) is 0.725. The number of aryl methyl sites for hydroxylation is 1. The number of nitrogens with zero attached hydrogens (tertiary/aromatic N) is 3. The lowest BCUT2D eigenvalue weighted by molar-refractivity contribution is -0.137. The summed E-state index contributed by atoms with van der Waals surface area (Å²) < 4.78 is 40.6. The highest BCUT2D eigenvalue weighted by Gasteiger charge is 2.31. The lowest BCUT2D eigenvalue weighted by atomic mass is 10.2. The zero-order valence-electron chi connectivity index (χ0n) is 13.5. The Morgan fingerprint density at radius 1 is 1.30 bits per heavy atom.